The molecular formula is C9H23BClN3O6S. The molecule has 0 aromatic carbocycles. The van der Waals surface area contributed by atoms with Crippen LogP contribution in [0.3, 0.4) is 0 Å². The van der Waals surface area contributed by atoms with Crippen molar-refractivity contribution >= 4 is 35.7 Å². The highest BCUT2D eigenvalue weighted by Gasteiger charge is 2.35. The summed E-state index contributed by atoms with van der Waals surface area (Å²) in [6.07, 6.45) is 0.846. The number of nitrogens with two attached hydrogens (primary N) is 1. The Labute approximate surface area is 131 Å². The Balaban J connectivity index is 0. The molecule has 0 spiro atoms. The molecule has 0 fully saturated rings. The summed E-state index contributed by atoms with van der Waals surface area (Å²) >= 11 is 0. The van der Waals surface area contributed by atoms with E-state index in [2.05, 4.69) is 4.72 Å². The quantitative estimate of drug-likeness (QED) is 0.231. The molecule has 0 aromatic rings. The molecule has 1 atom stereocenters. The maximum atomic E-state index is 11.5. The number of hydrogen-bond acceptors (Lipinski definition) is 6. The fourth-order valence-corrected chi connectivity index (χ4v) is 2.09. The SMILES string of the molecule is CN(C)S(=O)(=O)NCC(N)(CCCCB(O)O)C(=O)O.Cl. The molecule has 0 saturated heterocycles. The first-order valence-corrected chi connectivity index (χ1v) is 7.51. The third-order valence-corrected chi connectivity index (χ3v) is 4.28. The zero-order chi connectivity index (χ0) is 16.0. The summed E-state index contributed by atoms with van der Waals surface area (Å²) in [6.45, 7) is -0.440. The van der Waals surface area contributed by atoms with Gasteiger partial charge in [0.15, 0.2) is 0 Å². The Morgan fingerprint density at radius 3 is 2.24 bits per heavy atom. The van der Waals surface area contributed by atoms with Crippen molar-refractivity contribution in [3.63, 3.8) is 0 Å². The van der Waals surface area contributed by atoms with Gasteiger partial charge in [0.2, 0.25) is 0 Å². The zero-order valence-electron chi connectivity index (χ0n) is 12.0. The zero-order valence-corrected chi connectivity index (χ0v) is 13.7. The molecule has 126 valence electrons. The Morgan fingerprint density at radius 1 is 1.33 bits per heavy atom. The Morgan fingerprint density at radius 2 is 1.86 bits per heavy atom. The average molecular weight is 348 g/mol. The van der Waals surface area contributed by atoms with E-state index < -0.39 is 35.4 Å². The van der Waals surface area contributed by atoms with Gasteiger partial charge in [-0.05, 0) is 12.7 Å². The molecule has 0 aromatic heterocycles. The average Bonchev–Trinajstić information content (AvgIpc) is 2.31. The van der Waals surface area contributed by atoms with Crippen LogP contribution in [0.4, 0.5) is 0 Å². The number of carboxylic acid groups (broad SMARTS) is 1. The minimum absolute atomic E-state index is 0. The molecule has 0 saturated carbocycles. The molecule has 0 rings (SSSR count). The minimum Gasteiger partial charge on any atom is -0.480 e. The number of hydrogen-bond donors (Lipinski definition) is 5. The predicted octanol–water partition coefficient (Wildman–Crippen LogP) is -1.77. The van der Waals surface area contributed by atoms with Gasteiger partial charge in [-0.2, -0.15) is 17.4 Å². The summed E-state index contributed by atoms with van der Waals surface area (Å²) in [5.41, 5.74) is 3.96. The van der Waals surface area contributed by atoms with E-state index in [9.17, 15) is 13.2 Å². The monoisotopic (exact) mass is 347 g/mol. The highest BCUT2D eigenvalue weighted by molar-refractivity contribution is 7.87. The summed E-state index contributed by atoms with van der Waals surface area (Å²) in [4.78, 5) is 11.2. The lowest BCUT2D eigenvalue weighted by molar-refractivity contribution is -0.143. The lowest BCUT2D eigenvalue weighted by Gasteiger charge is -2.25. The number of rotatable bonds is 10. The standard InChI is InChI=1S/C9H22BN3O6S.ClH/c1-13(2)20(18,19)12-7-9(11,8(14)15)5-3-4-6-10(16)17;/h12,16-17H,3-7,11H2,1-2H3,(H,14,15);1H. The lowest BCUT2D eigenvalue weighted by Crippen LogP contribution is -2.57. The molecule has 1 unspecified atom stereocenters. The van der Waals surface area contributed by atoms with Gasteiger partial charge in [0, 0.05) is 20.6 Å². The van der Waals surface area contributed by atoms with Crippen molar-refractivity contribution in [2.45, 2.75) is 31.1 Å². The van der Waals surface area contributed by atoms with E-state index >= 15 is 0 Å². The molecule has 0 aliphatic carbocycles. The number of carboxylic acids is 1. The van der Waals surface area contributed by atoms with Crippen LogP contribution in [0.5, 0.6) is 0 Å². The third kappa shape index (κ3) is 8.56. The van der Waals surface area contributed by atoms with E-state index in [0.717, 1.165) is 4.31 Å². The molecule has 0 aliphatic heterocycles. The van der Waals surface area contributed by atoms with Crippen LogP contribution in [0.25, 0.3) is 0 Å². The molecule has 0 amide bonds. The van der Waals surface area contributed by atoms with Gasteiger partial charge in [0.25, 0.3) is 10.2 Å². The van der Waals surface area contributed by atoms with Crippen LogP contribution < -0.4 is 10.5 Å². The molecular weight excluding hydrogens is 324 g/mol. The molecule has 0 aliphatic rings. The highest BCUT2D eigenvalue weighted by atomic mass is 35.5. The maximum Gasteiger partial charge on any atom is 0.451 e. The van der Waals surface area contributed by atoms with E-state index in [4.69, 9.17) is 20.9 Å². The fourth-order valence-electron chi connectivity index (χ4n) is 1.39. The Bertz CT molecular complexity index is 422. The van der Waals surface area contributed by atoms with Gasteiger partial charge < -0.3 is 20.9 Å². The molecule has 0 radical (unpaired) electrons. The van der Waals surface area contributed by atoms with Crippen LogP contribution in [0.15, 0.2) is 0 Å². The van der Waals surface area contributed by atoms with Crippen LogP contribution in [-0.4, -0.2) is 67.1 Å². The second-order valence-corrected chi connectivity index (χ2v) is 6.77. The summed E-state index contributed by atoms with van der Waals surface area (Å²) < 4.78 is 26.1. The van der Waals surface area contributed by atoms with Crippen molar-refractivity contribution < 1.29 is 28.4 Å². The Hall–Kier alpha value is -0.425. The van der Waals surface area contributed by atoms with Gasteiger partial charge in [0.1, 0.15) is 5.54 Å². The van der Waals surface area contributed by atoms with E-state index in [0.29, 0.717) is 12.8 Å². The summed E-state index contributed by atoms with van der Waals surface area (Å²) in [5.74, 6) is -1.32. The van der Waals surface area contributed by atoms with Crippen molar-refractivity contribution in [1.29, 1.82) is 0 Å². The van der Waals surface area contributed by atoms with Gasteiger partial charge in [-0.3, -0.25) is 4.79 Å². The van der Waals surface area contributed by atoms with Crippen LogP contribution in [0.2, 0.25) is 6.32 Å². The van der Waals surface area contributed by atoms with Crippen LogP contribution in [0.1, 0.15) is 19.3 Å². The second-order valence-electron chi connectivity index (χ2n) is 4.80. The highest BCUT2D eigenvalue weighted by Crippen LogP contribution is 2.13. The predicted molar refractivity (Wildman–Crippen MR) is 81.3 cm³/mol. The number of nitrogens with zero attached hydrogens (tertiary/aromatic N) is 1. The van der Waals surface area contributed by atoms with Crippen molar-refractivity contribution in [3.05, 3.63) is 0 Å². The van der Waals surface area contributed by atoms with Crippen LogP contribution >= 0.6 is 12.4 Å². The number of halogens is 1. The van der Waals surface area contributed by atoms with Crippen molar-refractivity contribution in [2.75, 3.05) is 20.6 Å². The first-order chi connectivity index (χ1) is 9.01. The molecule has 0 heterocycles. The smallest absolute Gasteiger partial charge is 0.451 e. The maximum absolute atomic E-state index is 11.5. The van der Waals surface area contributed by atoms with Gasteiger partial charge in [-0.15, -0.1) is 12.4 Å². The van der Waals surface area contributed by atoms with E-state index in [1.807, 2.05) is 0 Å². The number of aliphatic carboxylic acids is 1. The largest absolute Gasteiger partial charge is 0.480 e. The van der Waals surface area contributed by atoms with Gasteiger partial charge in [-0.1, -0.05) is 12.8 Å². The number of unbranched alkanes of at least 4 members (excludes halogenated alkanes) is 1. The summed E-state index contributed by atoms with van der Waals surface area (Å²) in [5, 5.41) is 26.5. The van der Waals surface area contributed by atoms with Gasteiger partial charge in [0.05, 0.1) is 0 Å². The molecule has 9 nitrogen and oxygen atoms in total. The molecule has 21 heavy (non-hydrogen) atoms. The number of carbonyl (C=O) groups is 1. The Kier molecular flexibility index (Phi) is 10.4. The summed E-state index contributed by atoms with van der Waals surface area (Å²) in [7, 11) is -2.58. The minimum atomic E-state index is -3.75. The van der Waals surface area contributed by atoms with Crippen LogP contribution in [-0.2, 0) is 15.0 Å². The second kappa shape index (κ2) is 9.56. The van der Waals surface area contributed by atoms with E-state index in [-0.39, 0.29) is 25.1 Å². The third-order valence-electron chi connectivity index (χ3n) is 2.81. The summed E-state index contributed by atoms with van der Waals surface area (Å²) in [6, 6.07) is 0. The van der Waals surface area contributed by atoms with Gasteiger partial charge in [-0.25, -0.2) is 0 Å². The van der Waals surface area contributed by atoms with Crippen molar-refractivity contribution in [2.24, 2.45) is 5.73 Å². The number of nitrogens with one attached hydrogen (secondary N) is 1. The van der Waals surface area contributed by atoms with E-state index in [1.165, 1.54) is 14.1 Å². The van der Waals surface area contributed by atoms with Crippen molar-refractivity contribution in [1.82, 2.24) is 9.03 Å². The molecule has 12 heteroatoms. The lowest BCUT2D eigenvalue weighted by atomic mass is 9.82. The topological polar surface area (TPSA) is 153 Å². The van der Waals surface area contributed by atoms with Crippen molar-refractivity contribution in [3.8, 4) is 0 Å². The van der Waals surface area contributed by atoms with Gasteiger partial charge >= 0.3 is 13.1 Å². The first kappa shape index (κ1) is 22.8. The molecule has 0 bridgehead atoms. The van der Waals surface area contributed by atoms with E-state index in [1.54, 1.807) is 0 Å². The fraction of sp³-hybridized carbons (Fsp3) is 0.889. The molecule has 6 N–H and O–H groups in total. The van der Waals surface area contributed by atoms with Crippen LogP contribution in [0, 0.1) is 0 Å². The first-order valence-electron chi connectivity index (χ1n) is 6.07. The normalized spacial score (nSPS) is 14.4.